The van der Waals surface area contributed by atoms with Crippen LogP contribution in [0.5, 0.6) is 11.5 Å². The third-order valence-electron chi connectivity index (χ3n) is 3.91. The van der Waals surface area contributed by atoms with Crippen molar-refractivity contribution >= 4 is 11.8 Å². The number of ether oxygens (including phenoxy) is 2. The number of nitrogens with zero attached hydrogens (tertiary/aromatic N) is 1. The summed E-state index contributed by atoms with van der Waals surface area (Å²) in [6.07, 6.45) is 0. The van der Waals surface area contributed by atoms with E-state index in [0.717, 1.165) is 5.56 Å². The fourth-order valence-corrected chi connectivity index (χ4v) is 2.43. The zero-order valence-corrected chi connectivity index (χ0v) is 15.4. The first-order valence-electron chi connectivity index (χ1n) is 8.62. The molecule has 0 aromatic heterocycles. The number of oxime groups is 1. The molecule has 0 atom stereocenters. The molecule has 142 valence electrons. The molecule has 0 radical (unpaired) electrons. The minimum atomic E-state index is -0.629. The fraction of sp³-hybridized carbons (Fsp3) is 0.0909. The van der Waals surface area contributed by atoms with Crippen molar-refractivity contribution in [2.24, 2.45) is 10.9 Å². The smallest absolute Gasteiger partial charge is 0.365 e. The van der Waals surface area contributed by atoms with Gasteiger partial charge in [-0.05, 0) is 35.9 Å². The first kappa shape index (κ1) is 19.0. The van der Waals surface area contributed by atoms with Gasteiger partial charge in [0.25, 0.3) is 0 Å². The predicted octanol–water partition coefficient (Wildman–Crippen LogP) is 3.75. The molecule has 28 heavy (non-hydrogen) atoms. The lowest BCUT2D eigenvalue weighted by Gasteiger charge is -2.07. The van der Waals surface area contributed by atoms with Crippen molar-refractivity contribution in [1.82, 2.24) is 0 Å². The Balaban J connectivity index is 1.63. The van der Waals surface area contributed by atoms with Gasteiger partial charge in [0.15, 0.2) is 5.84 Å². The third kappa shape index (κ3) is 5.11. The summed E-state index contributed by atoms with van der Waals surface area (Å²) >= 11 is 0. The van der Waals surface area contributed by atoms with Crippen molar-refractivity contribution in [2.45, 2.75) is 6.61 Å². The average molecular weight is 376 g/mol. The van der Waals surface area contributed by atoms with Crippen LogP contribution in [0.2, 0.25) is 0 Å². The number of nitrogens with two attached hydrogens (primary N) is 1. The number of amidine groups is 1. The number of carbonyl (C=O) groups excluding carboxylic acids is 1. The Morgan fingerprint density at radius 1 is 0.893 bits per heavy atom. The second-order valence-corrected chi connectivity index (χ2v) is 5.89. The molecule has 0 saturated carbocycles. The Kier molecular flexibility index (Phi) is 6.25. The highest BCUT2D eigenvalue weighted by molar-refractivity contribution is 5.98. The van der Waals surface area contributed by atoms with Crippen molar-refractivity contribution in [3.8, 4) is 11.5 Å². The van der Waals surface area contributed by atoms with Crippen molar-refractivity contribution in [2.75, 3.05) is 7.11 Å². The summed E-state index contributed by atoms with van der Waals surface area (Å²) in [4.78, 5) is 17.2. The molecule has 0 amide bonds. The normalized spacial score (nSPS) is 11.0. The zero-order valence-electron chi connectivity index (χ0n) is 15.4. The minimum absolute atomic E-state index is 0.0729. The van der Waals surface area contributed by atoms with Gasteiger partial charge in [-0.2, -0.15) is 0 Å². The van der Waals surface area contributed by atoms with E-state index in [1.54, 1.807) is 55.6 Å². The lowest BCUT2D eigenvalue weighted by molar-refractivity contribution is 0.0515. The molecule has 0 spiro atoms. The molecular formula is C22H20N2O4. The van der Waals surface area contributed by atoms with Crippen molar-refractivity contribution in [3.05, 3.63) is 95.6 Å². The SMILES string of the molecule is COc1cccc(/C(N)=N\OC(=O)c2cccc(OCc3ccccc3)c2)c1. The Labute approximate surface area is 163 Å². The van der Waals surface area contributed by atoms with Crippen LogP contribution in [0, 0.1) is 0 Å². The maximum Gasteiger partial charge on any atom is 0.365 e. The van der Waals surface area contributed by atoms with Crippen molar-refractivity contribution in [1.29, 1.82) is 0 Å². The van der Waals surface area contributed by atoms with Gasteiger partial charge in [-0.3, -0.25) is 0 Å². The highest BCUT2D eigenvalue weighted by Crippen LogP contribution is 2.17. The van der Waals surface area contributed by atoms with E-state index in [1.165, 1.54) is 0 Å². The topological polar surface area (TPSA) is 83.1 Å². The Hall–Kier alpha value is -3.80. The van der Waals surface area contributed by atoms with Gasteiger partial charge in [-0.1, -0.05) is 53.7 Å². The predicted molar refractivity (Wildman–Crippen MR) is 106 cm³/mol. The van der Waals surface area contributed by atoms with Crippen LogP contribution in [0.1, 0.15) is 21.5 Å². The molecule has 3 rings (SSSR count). The maximum absolute atomic E-state index is 12.3. The monoisotopic (exact) mass is 376 g/mol. The molecule has 3 aromatic carbocycles. The number of carbonyl (C=O) groups is 1. The molecule has 6 nitrogen and oxygen atoms in total. The third-order valence-corrected chi connectivity index (χ3v) is 3.91. The molecule has 0 unspecified atom stereocenters. The van der Waals surface area contributed by atoms with Crippen molar-refractivity contribution in [3.63, 3.8) is 0 Å². The molecule has 0 saturated heterocycles. The molecule has 2 N–H and O–H groups in total. The Morgan fingerprint density at radius 3 is 2.32 bits per heavy atom. The van der Waals surface area contributed by atoms with E-state index in [4.69, 9.17) is 20.0 Å². The highest BCUT2D eigenvalue weighted by Gasteiger charge is 2.10. The van der Waals surface area contributed by atoms with Gasteiger partial charge in [-0.25, -0.2) is 4.79 Å². The summed E-state index contributed by atoms with van der Waals surface area (Å²) in [5, 5.41) is 3.72. The Bertz CT molecular complexity index is 971. The van der Waals surface area contributed by atoms with E-state index in [0.29, 0.717) is 29.2 Å². The highest BCUT2D eigenvalue weighted by atomic mass is 16.7. The van der Waals surface area contributed by atoms with Crippen molar-refractivity contribution < 1.29 is 19.1 Å². The molecule has 6 heteroatoms. The fourth-order valence-electron chi connectivity index (χ4n) is 2.43. The number of rotatable bonds is 7. The van der Waals surface area contributed by atoms with Crippen LogP contribution in [0.15, 0.2) is 84.0 Å². The van der Waals surface area contributed by atoms with Gasteiger partial charge in [0.2, 0.25) is 0 Å². The first-order chi connectivity index (χ1) is 13.7. The van der Waals surface area contributed by atoms with E-state index in [2.05, 4.69) is 5.16 Å². The molecule has 0 fully saturated rings. The first-order valence-corrected chi connectivity index (χ1v) is 8.62. The van der Waals surface area contributed by atoms with Crippen LogP contribution in [-0.4, -0.2) is 18.9 Å². The summed E-state index contributed by atoms with van der Waals surface area (Å²) in [6, 6.07) is 23.5. The van der Waals surface area contributed by atoms with Gasteiger partial charge < -0.3 is 20.0 Å². The van der Waals surface area contributed by atoms with E-state index in [9.17, 15) is 4.79 Å². The second-order valence-electron chi connectivity index (χ2n) is 5.89. The van der Waals surface area contributed by atoms with E-state index >= 15 is 0 Å². The van der Waals surface area contributed by atoms with Crippen LogP contribution in [0.3, 0.4) is 0 Å². The molecule has 0 heterocycles. The zero-order chi connectivity index (χ0) is 19.8. The van der Waals surface area contributed by atoms with E-state index in [1.807, 2.05) is 30.3 Å². The number of benzene rings is 3. The lowest BCUT2D eigenvalue weighted by Crippen LogP contribution is -2.15. The molecule has 0 aliphatic heterocycles. The van der Waals surface area contributed by atoms with Crippen LogP contribution in [0.25, 0.3) is 0 Å². The van der Waals surface area contributed by atoms with Gasteiger partial charge in [0, 0.05) is 5.56 Å². The molecule has 0 aliphatic rings. The molecule has 0 bridgehead atoms. The lowest BCUT2D eigenvalue weighted by atomic mass is 10.2. The molecule has 0 aliphatic carbocycles. The van der Waals surface area contributed by atoms with Crippen LogP contribution in [0.4, 0.5) is 0 Å². The summed E-state index contributed by atoms with van der Waals surface area (Å²) in [5.41, 5.74) is 7.82. The summed E-state index contributed by atoms with van der Waals surface area (Å²) < 4.78 is 10.9. The summed E-state index contributed by atoms with van der Waals surface area (Å²) in [5.74, 6) is 0.632. The maximum atomic E-state index is 12.3. The van der Waals surface area contributed by atoms with Crippen LogP contribution >= 0.6 is 0 Å². The van der Waals surface area contributed by atoms with Crippen LogP contribution in [-0.2, 0) is 11.4 Å². The quantitative estimate of drug-likeness (QED) is 0.294. The molecule has 3 aromatic rings. The summed E-state index contributed by atoms with van der Waals surface area (Å²) in [7, 11) is 1.55. The van der Waals surface area contributed by atoms with E-state index < -0.39 is 5.97 Å². The van der Waals surface area contributed by atoms with Crippen LogP contribution < -0.4 is 15.2 Å². The second kappa shape index (κ2) is 9.23. The van der Waals surface area contributed by atoms with E-state index in [-0.39, 0.29) is 5.84 Å². The standard InChI is InChI=1S/C22H20N2O4/c1-26-19-11-5-9-17(13-19)21(23)24-28-22(25)18-10-6-12-20(14-18)27-15-16-7-3-2-4-8-16/h2-14H,15H2,1H3,(H2,23,24). The number of methoxy groups -OCH3 is 1. The number of hydrogen-bond acceptors (Lipinski definition) is 5. The molecular weight excluding hydrogens is 356 g/mol. The minimum Gasteiger partial charge on any atom is -0.497 e. The summed E-state index contributed by atoms with van der Waals surface area (Å²) in [6.45, 7) is 0.403. The van der Waals surface area contributed by atoms with Gasteiger partial charge in [0.05, 0.1) is 12.7 Å². The van der Waals surface area contributed by atoms with Gasteiger partial charge >= 0.3 is 5.97 Å². The average Bonchev–Trinajstić information content (AvgIpc) is 2.76. The van der Waals surface area contributed by atoms with Gasteiger partial charge in [0.1, 0.15) is 18.1 Å². The Morgan fingerprint density at radius 2 is 1.57 bits per heavy atom. The number of hydrogen-bond donors (Lipinski definition) is 1. The van der Waals surface area contributed by atoms with Gasteiger partial charge in [-0.15, -0.1) is 0 Å². The largest absolute Gasteiger partial charge is 0.497 e.